The Morgan fingerprint density at radius 3 is 2.09 bits per heavy atom. The minimum absolute atomic E-state index is 0.0518. The first-order valence-corrected chi connectivity index (χ1v) is 8.98. The third kappa shape index (κ3) is 3.13. The van der Waals surface area contributed by atoms with Crippen LogP contribution >= 0.6 is 23.2 Å². The van der Waals surface area contributed by atoms with Crippen LogP contribution in [0.4, 0.5) is 5.69 Å². The minimum Gasteiger partial charge on any atom is -0.495 e. The first-order valence-electron chi connectivity index (χ1n) is 6.79. The van der Waals surface area contributed by atoms with Crippen LogP contribution in [-0.2, 0) is 10.0 Å². The number of methoxy groups -OCH3 is 1. The van der Waals surface area contributed by atoms with E-state index in [4.69, 9.17) is 27.9 Å². The van der Waals surface area contributed by atoms with Crippen molar-refractivity contribution >= 4 is 38.9 Å². The molecule has 0 aromatic heterocycles. The number of benzene rings is 2. The van der Waals surface area contributed by atoms with Crippen molar-refractivity contribution in [2.24, 2.45) is 0 Å². The molecule has 0 bridgehead atoms. The number of nitrogens with zero attached hydrogens (tertiary/aromatic N) is 1. The van der Waals surface area contributed by atoms with Gasteiger partial charge in [0, 0.05) is 7.05 Å². The van der Waals surface area contributed by atoms with E-state index in [1.54, 1.807) is 0 Å². The molecule has 124 valence electrons. The molecule has 0 unspecified atom stereocenters. The lowest BCUT2D eigenvalue weighted by Crippen LogP contribution is -2.28. The summed E-state index contributed by atoms with van der Waals surface area (Å²) in [5.41, 5.74) is 2.33. The van der Waals surface area contributed by atoms with Crippen molar-refractivity contribution in [3.63, 3.8) is 0 Å². The second-order valence-electron chi connectivity index (χ2n) is 5.11. The lowest BCUT2D eigenvalue weighted by molar-refractivity contribution is 0.414. The molecule has 0 heterocycles. The van der Waals surface area contributed by atoms with E-state index in [1.165, 1.54) is 30.6 Å². The predicted octanol–water partition coefficient (Wildman–Crippen LogP) is 4.44. The fourth-order valence-electron chi connectivity index (χ4n) is 2.44. The summed E-state index contributed by atoms with van der Waals surface area (Å²) in [5, 5.41) is 0.0225. The number of hydrogen-bond donors (Lipinski definition) is 0. The van der Waals surface area contributed by atoms with Gasteiger partial charge in [0.25, 0.3) is 10.0 Å². The van der Waals surface area contributed by atoms with E-state index in [-0.39, 0.29) is 14.9 Å². The molecule has 23 heavy (non-hydrogen) atoms. The second-order valence-corrected chi connectivity index (χ2v) is 7.80. The molecule has 0 saturated heterocycles. The van der Waals surface area contributed by atoms with Crippen LogP contribution in [0.3, 0.4) is 0 Å². The third-order valence-electron chi connectivity index (χ3n) is 3.62. The van der Waals surface area contributed by atoms with Gasteiger partial charge in [-0.2, -0.15) is 0 Å². The average molecular weight is 374 g/mol. The normalized spacial score (nSPS) is 11.4. The summed E-state index contributed by atoms with van der Waals surface area (Å²) in [6.45, 7) is 3.72. The molecule has 0 fully saturated rings. The largest absolute Gasteiger partial charge is 0.495 e. The van der Waals surface area contributed by atoms with Gasteiger partial charge in [-0.3, -0.25) is 4.31 Å². The summed E-state index contributed by atoms with van der Waals surface area (Å²) in [6, 6.07) is 8.48. The first kappa shape index (κ1) is 17.9. The van der Waals surface area contributed by atoms with Gasteiger partial charge in [-0.1, -0.05) is 41.4 Å². The molecule has 0 N–H and O–H groups in total. The van der Waals surface area contributed by atoms with Crippen LogP contribution in [0.15, 0.2) is 35.2 Å². The number of aryl methyl sites for hydroxylation is 2. The highest BCUT2D eigenvalue weighted by molar-refractivity contribution is 7.93. The molecular formula is C16H17Cl2NO3S. The summed E-state index contributed by atoms with van der Waals surface area (Å²) >= 11 is 12.2. The van der Waals surface area contributed by atoms with Gasteiger partial charge in [-0.25, -0.2) is 8.42 Å². The Morgan fingerprint density at radius 1 is 1.00 bits per heavy atom. The van der Waals surface area contributed by atoms with Gasteiger partial charge in [0.15, 0.2) is 0 Å². The maximum Gasteiger partial charge on any atom is 0.265 e. The summed E-state index contributed by atoms with van der Waals surface area (Å²) in [7, 11) is -0.916. The highest BCUT2D eigenvalue weighted by atomic mass is 35.5. The average Bonchev–Trinajstić information content (AvgIpc) is 2.49. The second kappa shape index (κ2) is 6.59. The monoisotopic (exact) mass is 373 g/mol. The van der Waals surface area contributed by atoms with Gasteiger partial charge in [0.05, 0.1) is 17.8 Å². The summed E-state index contributed by atoms with van der Waals surface area (Å²) in [5.74, 6) is 0.324. The fraction of sp³-hybridized carbons (Fsp3) is 0.250. The Labute approximate surface area is 146 Å². The Morgan fingerprint density at radius 2 is 1.57 bits per heavy atom. The third-order valence-corrected chi connectivity index (χ3v) is 6.40. The SMILES string of the molecule is COc1ccc(S(=O)(=O)N(C)c2c(C)cccc2C)c(Cl)c1Cl. The molecule has 0 radical (unpaired) electrons. The van der Waals surface area contributed by atoms with Crippen molar-refractivity contribution in [2.45, 2.75) is 18.7 Å². The number of anilines is 1. The van der Waals surface area contributed by atoms with E-state index < -0.39 is 10.0 Å². The molecule has 0 saturated carbocycles. The molecule has 0 aliphatic carbocycles. The van der Waals surface area contributed by atoms with E-state index >= 15 is 0 Å². The molecule has 2 aromatic carbocycles. The highest BCUT2D eigenvalue weighted by Gasteiger charge is 2.28. The number of hydrogen-bond acceptors (Lipinski definition) is 3. The van der Waals surface area contributed by atoms with Gasteiger partial charge in [-0.15, -0.1) is 0 Å². The predicted molar refractivity (Wildman–Crippen MR) is 94.5 cm³/mol. The van der Waals surface area contributed by atoms with Crippen LogP contribution in [0.2, 0.25) is 10.0 Å². The fourth-order valence-corrected chi connectivity index (χ4v) is 4.58. The zero-order valence-electron chi connectivity index (χ0n) is 13.2. The quantitative estimate of drug-likeness (QED) is 0.795. The van der Waals surface area contributed by atoms with Crippen molar-refractivity contribution in [3.8, 4) is 5.75 Å². The van der Waals surface area contributed by atoms with E-state index in [1.807, 2.05) is 32.0 Å². The zero-order valence-corrected chi connectivity index (χ0v) is 15.6. The Balaban J connectivity index is 2.61. The van der Waals surface area contributed by atoms with Crippen LogP contribution in [0.1, 0.15) is 11.1 Å². The van der Waals surface area contributed by atoms with Crippen LogP contribution in [0, 0.1) is 13.8 Å². The molecular weight excluding hydrogens is 357 g/mol. The van der Waals surface area contributed by atoms with Gasteiger partial charge in [0.1, 0.15) is 15.7 Å². The molecule has 2 aromatic rings. The number of para-hydroxylation sites is 1. The Bertz CT molecular complexity index is 830. The Hall–Kier alpha value is -1.43. The maximum absolute atomic E-state index is 13.0. The summed E-state index contributed by atoms with van der Waals surface area (Å²) < 4.78 is 32.2. The zero-order chi connectivity index (χ0) is 17.4. The molecule has 0 amide bonds. The number of rotatable bonds is 4. The first-order chi connectivity index (χ1) is 10.7. The van der Waals surface area contributed by atoms with Gasteiger partial charge >= 0.3 is 0 Å². The molecule has 0 aliphatic rings. The maximum atomic E-state index is 13.0. The lowest BCUT2D eigenvalue weighted by atomic mass is 10.1. The Kier molecular flexibility index (Phi) is 5.14. The summed E-state index contributed by atoms with van der Waals surface area (Å²) in [4.78, 5) is -0.0601. The molecule has 0 spiro atoms. The van der Waals surface area contributed by atoms with E-state index in [0.717, 1.165) is 11.1 Å². The highest BCUT2D eigenvalue weighted by Crippen LogP contribution is 2.39. The van der Waals surface area contributed by atoms with Crippen molar-refractivity contribution in [1.82, 2.24) is 0 Å². The van der Waals surface area contributed by atoms with Crippen molar-refractivity contribution < 1.29 is 13.2 Å². The number of ether oxygens (including phenoxy) is 1. The van der Waals surface area contributed by atoms with Crippen LogP contribution in [0.25, 0.3) is 0 Å². The van der Waals surface area contributed by atoms with Gasteiger partial charge in [-0.05, 0) is 37.1 Å². The molecule has 4 nitrogen and oxygen atoms in total. The molecule has 0 aliphatic heterocycles. The van der Waals surface area contributed by atoms with Crippen LogP contribution in [-0.4, -0.2) is 22.6 Å². The molecule has 7 heteroatoms. The van der Waals surface area contributed by atoms with E-state index in [0.29, 0.717) is 11.4 Å². The van der Waals surface area contributed by atoms with Crippen LogP contribution in [0.5, 0.6) is 5.75 Å². The van der Waals surface area contributed by atoms with E-state index in [2.05, 4.69) is 0 Å². The smallest absolute Gasteiger partial charge is 0.265 e. The van der Waals surface area contributed by atoms with Gasteiger partial charge < -0.3 is 4.74 Å². The van der Waals surface area contributed by atoms with Crippen molar-refractivity contribution in [2.75, 3.05) is 18.5 Å². The minimum atomic E-state index is -3.85. The summed E-state index contributed by atoms with van der Waals surface area (Å²) in [6.07, 6.45) is 0. The number of sulfonamides is 1. The topological polar surface area (TPSA) is 46.6 Å². The van der Waals surface area contributed by atoms with Crippen LogP contribution < -0.4 is 9.04 Å². The molecule has 0 atom stereocenters. The molecule has 2 rings (SSSR count). The van der Waals surface area contributed by atoms with Crippen molar-refractivity contribution in [3.05, 3.63) is 51.5 Å². The number of halogens is 2. The van der Waals surface area contributed by atoms with Gasteiger partial charge in [0.2, 0.25) is 0 Å². The van der Waals surface area contributed by atoms with Crippen molar-refractivity contribution in [1.29, 1.82) is 0 Å². The lowest BCUT2D eigenvalue weighted by Gasteiger charge is -2.24. The standard InChI is InChI=1S/C16H17Cl2NO3S/c1-10-6-5-7-11(2)16(10)19(3)23(20,21)13-9-8-12(22-4)14(17)15(13)18/h5-9H,1-4H3. The van der Waals surface area contributed by atoms with E-state index in [9.17, 15) is 8.42 Å².